The minimum atomic E-state index is -0.861. The molecule has 0 saturated heterocycles. The molecule has 0 aliphatic rings. The molecule has 0 saturated carbocycles. The Hall–Kier alpha value is -0.700. The SMILES string of the molecule is [CH2-][N+](CC)=C(C)c1cccc(C(C)=NCC)n1.[CH2-][Si](C)(C)C.[CH2-][Si](C)(C)C.[Co+3]. The van der Waals surface area contributed by atoms with Crippen molar-refractivity contribution in [2.24, 2.45) is 4.99 Å². The van der Waals surface area contributed by atoms with Gasteiger partial charge in [0, 0.05) is 12.2 Å². The predicted octanol–water partition coefficient (Wildman–Crippen LogP) is 5.94. The molecule has 1 aromatic heterocycles. The van der Waals surface area contributed by atoms with Crippen LogP contribution in [0.25, 0.3) is 0 Å². The van der Waals surface area contributed by atoms with E-state index in [1.165, 1.54) is 0 Å². The van der Waals surface area contributed by atoms with E-state index in [9.17, 15) is 0 Å². The van der Waals surface area contributed by atoms with E-state index in [1.807, 2.05) is 43.5 Å². The van der Waals surface area contributed by atoms with Crippen LogP contribution in [0.2, 0.25) is 39.3 Å². The van der Waals surface area contributed by atoms with Gasteiger partial charge in [-0.2, -0.15) is 0 Å². The number of hydrogen-bond acceptors (Lipinski definition) is 2. The molecule has 1 heterocycles. The minimum Gasteiger partial charge on any atom is -0.364 e. The molecule has 0 spiro atoms. The quantitative estimate of drug-likeness (QED) is 0.235. The van der Waals surface area contributed by atoms with Crippen LogP contribution in [0, 0.1) is 20.1 Å². The minimum absolute atomic E-state index is 0. The number of pyridine rings is 1. The first-order chi connectivity index (χ1) is 12.1. The van der Waals surface area contributed by atoms with Crippen LogP contribution < -0.4 is 0 Å². The molecule has 0 fully saturated rings. The van der Waals surface area contributed by atoms with E-state index < -0.39 is 16.1 Å². The number of aromatic nitrogens is 1. The van der Waals surface area contributed by atoms with Crippen LogP contribution in [0.15, 0.2) is 23.2 Å². The summed E-state index contributed by atoms with van der Waals surface area (Å²) in [6, 6.07) is 6.01. The number of rotatable bonds is 4. The topological polar surface area (TPSA) is 28.3 Å². The average molecular weight is 465 g/mol. The van der Waals surface area contributed by atoms with Crippen molar-refractivity contribution in [1.82, 2.24) is 4.98 Å². The number of aliphatic imine (C=N–C) groups is 1. The molecule has 0 aliphatic heterocycles. The van der Waals surface area contributed by atoms with Crippen molar-refractivity contribution < 1.29 is 21.4 Å². The second kappa shape index (κ2) is 15.2. The van der Waals surface area contributed by atoms with Crippen LogP contribution >= 0.6 is 0 Å². The van der Waals surface area contributed by atoms with E-state index in [2.05, 4.69) is 76.3 Å². The fourth-order valence-corrected chi connectivity index (χ4v) is 1.56. The summed E-state index contributed by atoms with van der Waals surface area (Å²) >= 11 is 0. The summed E-state index contributed by atoms with van der Waals surface area (Å²) in [5.41, 5.74) is 3.96. The standard InChI is InChI=1S/C14H21N3.2C4H11Si.Co/c1-6-15-11(3)13-9-8-10-14(16-13)12(4)17(5)7-2;2*1-5(2,3)4;/h8-10H,5-7H2,1-4H3;2*1H2,2-4H3;/q;2*-1;+3. The molecule has 0 aliphatic carbocycles. The van der Waals surface area contributed by atoms with Crippen molar-refractivity contribution in [3.63, 3.8) is 0 Å². The molecular formula is C22H43CoN3Si2+. The van der Waals surface area contributed by atoms with Crippen LogP contribution in [0.1, 0.15) is 39.1 Å². The van der Waals surface area contributed by atoms with Gasteiger partial charge in [-0.15, -0.1) is 16.1 Å². The monoisotopic (exact) mass is 464 g/mol. The van der Waals surface area contributed by atoms with Gasteiger partial charge in [-0.1, -0.05) is 45.3 Å². The van der Waals surface area contributed by atoms with Crippen LogP contribution in [0.4, 0.5) is 0 Å². The smallest absolute Gasteiger partial charge is 0.364 e. The molecule has 0 N–H and O–H groups in total. The van der Waals surface area contributed by atoms with Crippen molar-refractivity contribution in [1.29, 1.82) is 0 Å². The molecule has 0 bridgehead atoms. The van der Waals surface area contributed by atoms with E-state index >= 15 is 0 Å². The predicted molar refractivity (Wildman–Crippen MR) is 130 cm³/mol. The van der Waals surface area contributed by atoms with E-state index in [0.717, 1.165) is 35.9 Å². The van der Waals surface area contributed by atoms with Gasteiger partial charge >= 0.3 is 16.8 Å². The van der Waals surface area contributed by atoms with Gasteiger partial charge in [0.15, 0.2) is 0 Å². The van der Waals surface area contributed by atoms with Gasteiger partial charge in [0.05, 0.1) is 17.1 Å². The van der Waals surface area contributed by atoms with Gasteiger partial charge in [0.25, 0.3) is 0 Å². The van der Waals surface area contributed by atoms with Crippen molar-refractivity contribution >= 4 is 27.6 Å². The van der Waals surface area contributed by atoms with Crippen LogP contribution in [-0.4, -0.2) is 50.2 Å². The molecule has 1 rings (SSSR count). The van der Waals surface area contributed by atoms with E-state index in [-0.39, 0.29) is 16.8 Å². The Kier molecular flexibility index (Phi) is 17.3. The molecule has 6 heteroatoms. The Bertz CT molecular complexity index is 589. The molecule has 0 radical (unpaired) electrons. The first kappa shape index (κ1) is 32.0. The molecular weight excluding hydrogens is 421 g/mol. The molecule has 1 aromatic rings. The fourth-order valence-electron chi connectivity index (χ4n) is 1.56. The second-order valence-electron chi connectivity index (χ2n) is 9.03. The van der Waals surface area contributed by atoms with Crippen molar-refractivity contribution in [3.05, 3.63) is 49.7 Å². The van der Waals surface area contributed by atoms with Crippen molar-refractivity contribution in [2.75, 3.05) is 13.1 Å². The van der Waals surface area contributed by atoms with Gasteiger partial charge in [-0.3, -0.25) is 9.98 Å². The molecule has 162 valence electrons. The largest absolute Gasteiger partial charge is 3.00 e. The summed E-state index contributed by atoms with van der Waals surface area (Å²) in [5, 5.41) is 0. The normalized spacial score (nSPS) is 12.5. The summed E-state index contributed by atoms with van der Waals surface area (Å²) in [6.07, 6.45) is 0. The van der Waals surface area contributed by atoms with E-state index in [1.54, 1.807) is 0 Å². The summed E-state index contributed by atoms with van der Waals surface area (Å²) in [5.74, 6) is 0. The summed E-state index contributed by atoms with van der Waals surface area (Å²) in [4.78, 5) is 8.99. The number of nitrogens with zero attached hydrogens (tertiary/aromatic N) is 3. The first-order valence-electron chi connectivity index (χ1n) is 9.71. The maximum atomic E-state index is 4.61. The molecule has 0 atom stereocenters. The maximum absolute atomic E-state index is 4.61. The molecule has 28 heavy (non-hydrogen) atoms. The van der Waals surface area contributed by atoms with Gasteiger partial charge in [0.2, 0.25) is 0 Å². The van der Waals surface area contributed by atoms with Gasteiger partial charge < -0.3 is 17.7 Å². The molecule has 3 nitrogen and oxygen atoms in total. The molecule has 0 amide bonds. The Morgan fingerprint density at radius 2 is 1.36 bits per heavy atom. The Morgan fingerprint density at radius 1 is 0.964 bits per heavy atom. The maximum Gasteiger partial charge on any atom is 3.00 e. The Morgan fingerprint density at radius 3 is 1.71 bits per heavy atom. The van der Waals surface area contributed by atoms with Crippen LogP contribution in [0.3, 0.4) is 0 Å². The van der Waals surface area contributed by atoms with E-state index in [0.29, 0.717) is 0 Å². The number of hydrogen-bond donors (Lipinski definition) is 0. The Balaban J connectivity index is -0.000000473. The molecule has 0 aromatic carbocycles. The summed E-state index contributed by atoms with van der Waals surface area (Å²) < 4.78 is 1.94. The van der Waals surface area contributed by atoms with Crippen LogP contribution in [-0.2, 0) is 16.8 Å². The third kappa shape index (κ3) is 21.6. The van der Waals surface area contributed by atoms with Crippen molar-refractivity contribution in [3.8, 4) is 0 Å². The van der Waals surface area contributed by atoms with Gasteiger partial charge in [-0.05, 0) is 46.9 Å². The average Bonchev–Trinajstić information content (AvgIpc) is 2.50. The second-order valence-corrected chi connectivity index (χ2v) is 19.3. The Labute approximate surface area is 188 Å². The van der Waals surface area contributed by atoms with E-state index in [4.69, 9.17) is 0 Å². The third-order valence-electron chi connectivity index (χ3n) is 2.74. The fraction of sp³-hybridized carbons (Fsp3) is 0.545. The van der Waals surface area contributed by atoms with Gasteiger partial charge in [-0.25, -0.2) is 0 Å². The van der Waals surface area contributed by atoms with Crippen molar-refractivity contribution in [2.45, 2.75) is 67.0 Å². The van der Waals surface area contributed by atoms with Gasteiger partial charge in [0.1, 0.15) is 6.54 Å². The zero-order valence-electron chi connectivity index (χ0n) is 19.9. The van der Waals surface area contributed by atoms with Crippen LogP contribution in [0.5, 0.6) is 0 Å². The first-order valence-corrected chi connectivity index (χ1v) is 17.1. The third-order valence-corrected chi connectivity index (χ3v) is 2.74. The summed E-state index contributed by atoms with van der Waals surface area (Å²) in [6.45, 7) is 30.9. The summed E-state index contributed by atoms with van der Waals surface area (Å²) in [7, 11) is 2.25. The zero-order chi connectivity index (χ0) is 21.8. The zero-order valence-corrected chi connectivity index (χ0v) is 23.0. The molecule has 0 unspecified atom stereocenters.